The molecule has 29 heavy (non-hydrogen) atoms. The Morgan fingerprint density at radius 2 is 1.66 bits per heavy atom. The van der Waals surface area contributed by atoms with Gasteiger partial charge in [-0.25, -0.2) is 0 Å². The monoisotopic (exact) mass is 411 g/mol. The number of aliphatic hydroxyl groups is 1. The van der Waals surface area contributed by atoms with Gasteiger partial charge in [-0.05, 0) is 75.5 Å². The lowest BCUT2D eigenvalue weighted by atomic mass is 9.83. The van der Waals surface area contributed by atoms with Gasteiger partial charge >= 0.3 is 6.18 Å². The normalized spacial score (nSPS) is 18.5. The zero-order valence-corrected chi connectivity index (χ0v) is 17.2. The molecule has 2 aliphatic carbocycles. The number of benzene rings is 1. The van der Waals surface area contributed by atoms with E-state index in [2.05, 4.69) is 0 Å². The van der Waals surface area contributed by atoms with Crippen molar-refractivity contribution in [3.63, 3.8) is 0 Å². The van der Waals surface area contributed by atoms with E-state index in [9.17, 15) is 18.0 Å². The molecule has 1 aromatic rings. The molecule has 3 aliphatic rings. The smallest absolute Gasteiger partial charge is 0.416 e. The van der Waals surface area contributed by atoms with Crippen LogP contribution in [0.2, 0.25) is 0 Å². The van der Waals surface area contributed by atoms with Crippen LogP contribution < -0.4 is 0 Å². The largest absolute Gasteiger partial charge is 0.516 e. The third-order valence-corrected chi connectivity index (χ3v) is 5.70. The van der Waals surface area contributed by atoms with Gasteiger partial charge in [-0.3, -0.25) is 4.79 Å². The highest BCUT2D eigenvalue weighted by molar-refractivity contribution is 5.76. The van der Waals surface area contributed by atoms with Crippen molar-refractivity contribution in [3.8, 4) is 0 Å². The number of rotatable bonds is 2. The van der Waals surface area contributed by atoms with Crippen LogP contribution in [0.15, 0.2) is 36.1 Å². The molecule has 3 nitrogen and oxygen atoms in total. The quantitative estimate of drug-likeness (QED) is 0.570. The van der Waals surface area contributed by atoms with E-state index in [4.69, 9.17) is 5.11 Å². The van der Waals surface area contributed by atoms with Gasteiger partial charge in [0.25, 0.3) is 0 Å². The SMILES string of the molecule is Cc1ccc(C(F)(F)F)cc1.O=C(CC1CCC1)N1CCCC1.OC=C1CCC1. The Morgan fingerprint density at radius 3 is 2.00 bits per heavy atom. The standard InChI is InChI=1S/C10H17NO.C8H7F3.C5H8O/c12-10(8-9-4-3-5-9)11-6-1-2-7-11;1-6-2-4-7(5-3-6)8(9,10)11;6-4-5-2-1-3-5/h9H,1-8H2;2-5H,1H3;4,6H,1-3H2. The Balaban J connectivity index is 0.000000164. The first kappa shape index (κ1) is 23.3. The van der Waals surface area contributed by atoms with Gasteiger partial charge in [0.05, 0.1) is 11.8 Å². The zero-order chi connectivity index (χ0) is 21.3. The van der Waals surface area contributed by atoms with E-state index in [-0.39, 0.29) is 0 Å². The molecule has 1 aliphatic heterocycles. The minimum Gasteiger partial charge on any atom is -0.516 e. The number of aliphatic hydroxyl groups excluding tert-OH is 1. The van der Waals surface area contributed by atoms with Crippen LogP contribution in [0.25, 0.3) is 0 Å². The van der Waals surface area contributed by atoms with Crippen molar-refractivity contribution in [1.29, 1.82) is 0 Å². The third kappa shape index (κ3) is 8.11. The van der Waals surface area contributed by atoms with Crippen molar-refractivity contribution in [2.24, 2.45) is 5.92 Å². The predicted molar refractivity (Wildman–Crippen MR) is 109 cm³/mol. The van der Waals surface area contributed by atoms with Crippen LogP contribution >= 0.6 is 0 Å². The van der Waals surface area contributed by atoms with Gasteiger partial charge in [-0.15, -0.1) is 0 Å². The van der Waals surface area contributed by atoms with Crippen LogP contribution in [0.1, 0.15) is 68.9 Å². The van der Waals surface area contributed by atoms with Crippen molar-refractivity contribution < 1.29 is 23.1 Å². The van der Waals surface area contributed by atoms with Crippen molar-refractivity contribution in [1.82, 2.24) is 4.90 Å². The van der Waals surface area contributed by atoms with Gasteiger partial charge in [-0.1, -0.05) is 24.1 Å². The molecule has 0 unspecified atom stereocenters. The fourth-order valence-electron chi connectivity index (χ4n) is 3.29. The molecule has 1 N–H and O–H groups in total. The lowest BCUT2D eigenvalue weighted by Crippen LogP contribution is -2.30. The molecule has 1 amide bonds. The first-order chi connectivity index (χ1) is 13.8. The molecule has 1 saturated heterocycles. The number of carbonyl (C=O) groups excluding carboxylic acids is 1. The number of hydrogen-bond acceptors (Lipinski definition) is 2. The van der Waals surface area contributed by atoms with E-state index >= 15 is 0 Å². The minimum atomic E-state index is -4.21. The Morgan fingerprint density at radius 1 is 1.07 bits per heavy atom. The van der Waals surface area contributed by atoms with Crippen LogP contribution in [-0.4, -0.2) is 29.0 Å². The molecular formula is C23H32F3NO2. The molecular weight excluding hydrogens is 379 g/mol. The van der Waals surface area contributed by atoms with Gasteiger partial charge in [-0.2, -0.15) is 13.2 Å². The summed E-state index contributed by atoms with van der Waals surface area (Å²) in [5.74, 6) is 1.15. The number of likely N-dealkylation sites (tertiary alicyclic amines) is 1. The van der Waals surface area contributed by atoms with E-state index in [0.717, 1.165) is 56.0 Å². The minimum absolute atomic E-state index is 0.414. The van der Waals surface area contributed by atoms with E-state index in [0.29, 0.717) is 5.91 Å². The van der Waals surface area contributed by atoms with Crippen LogP contribution in [0.4, 0.5) is 13.2 Å². The van der Waals surface area contributed by atoms with Gasteiger partial charge in [0.15, 0.2) is 0 Å². The Labute approximate surface area is 171 Å². The molecule has 0 atom stereocenters. The van der Waals surface area contributed by atoms with Crippen molar-refractivity contribution in [2.45, 2.75) is 70.9 Å². The Bertz CT molecular complexity index is 652. The Hall–Kier alpha value is -1.98. The topological polar surface area (TPSA) is 40.5 Å². The second-order valence-corrected chi connectivity index (χ2v) is 8.09. The molecule has 1 aromatic carbocycles. The van der Waals surface area contributed by atoms with Gasteiger partial charge in [0, 0.05) is 19.5 Å². The predicted octanol–water partition coefficient (Wildman–Crippen LogP) is 6.43. The molecule has 2 saturated carbocycles. The molecule has 6 heteroatoms. The average Bonchev–Trinajstić information content (AvgIpc) is 3.12. The highest BCUT2D eigenvalue weighted by atomic mass is 19.4. The average molecular weight is 412 g/mol. The summed E-state index contributed by atoms with van der Waals surface area (Å²) in [6, 6.07) is 5.05. The van der Waals surface area contributed by atoms with Gasteiger partial charge in [0.2, 0.25) is 5.91 Å². The maximum Gasteiger partial charge on any atom is 0.416 e. The lowest BCUT2D eigenvalue weighted by Gasteiger charge is -2.26. The summed E-state index contributed by atoms with van der Waals surface area (Å²) in [4.78, 5) is 13.6. The molecule has 0 aromatic heterocycles. The molecule has 0 spiro atoms. The molecule has 0 radical (unpaired) electrons. The van der Waals surface area contributed by atoms with Crippen LogP contribution in [0.3, 0.4) is 0 Å². The van der Waals surface area contributed by atoms with Gasteiger partial charge in [0.1, 0.15) is 0 Å². The summed E-state index contributed by atoms with van der Waals surface area (Å²) in [6.07, 6.45) is 7.72. The Kier molecular flexibility index (Phi) is 9.05. The highest BCUT2D eigenvalue weighted by Gasteiger charge is 2.29. The lowest BCUT2D eigenvalue weighted by molar-refractivity contribution is -0.137. The summed E-state index contributed by atoms with van der Waals surface area (Å²) in [6.45, 7) is 3.79. The molecule has 162 valence electrons. The van der Waals surface area contributed by atoms with Crippen molar-refractivity contribution in [3.05, 3.63) is 47.2 Å². The maximum atomic E-state index is 11.9. The number of halogens is 3. The first-order valence-electron chi connectivity index (χ1n) is 10.5. The number of alkyl halides is 3. The van der Waals surface area contributed by atoms with E-state index in [1.807, 2.05) is 4.90 Å². The van der Waals surface area contributed by atoms with Crippen LogP contribution in [-0.2, 0) is 11.0 Å². The van der Waals surface area contributed by atoms with Crippen molar-refractivity contribution in [2.75, 3.05) is 13.1 Å². The molecule has 4 rings (SSSR count). The number of nitrogens with zero attached hydrogens (tertiary/aromatic N) is 1. The summed E-state index contributed by atoms with van der Waals surface area (Å²) in [5, 5.41) is 8.22. The molecule has 0 bridgehead atoms. The maximum absolute atomic E-state index is 11.9. The fourth-order valence-corrected chi connectivity index (χ4v) is 3.29. The summed E-state index contributed by atoms with van der Waals surface area (Å²) >= 11 is 0. The fraction of sp³-hybridized carbons (Fsp3) is 0.609. The highest BCUT2D eigenvalue weighted by Crippen LogP contribution is 2.30. The van der Waals surface area contributed by atoms with Crippen molar-refractivity contribution >= 4 is 5.91 Å². The van der Waals surface area contributed by atoms with Crippen LogP contribution in [0.5, 0.6) is 0 Å². The summed E-state index contributed by atoms with van der Waals surface area (Å²) in [7, 11) is 0. The second kappa shape index (κ2) is 11.3. The summed E-state index contributed by atoms with van der Waals surface area (Å²) < 4.78 is 35.8. The first-order valence-corrected chi connectivity index (χ1v) is 10.5. The zero-order valence-electron chi connectivity index (χ0n) is 17.2. The van der Waals surface area contributed by atoms with E-state index < -0.39 is 11.7 Å². The number of carbonyl (C=O) groups is 1. The number of hydrogen-bond donors (Lipinski definition) is 1. The van der Waals surface area contributed by atoms with E-state index in [1.165, 1.54) is 62.5 Å². The number of amides is 1. The molecule has 3 fully saturated rings. The third-order valence-electron chi connectivity index (χ3n) is 5.70. The number of aryl methyl sites for hydroxylation is 1. The summed E-state index contributed by atoms with van der Waals surface area (Å²) in [5.41, 5.74) is 1.44. The number of allylic oxidation sites excluding steroid dienone is 1. The van der Waals surface area contributed by atoms with Gasteiger partial charge < -0.3 is 10.0 Å². The molecule has 1 heterocycles. The second-order valence-electron chi connectivity index (χ2n) is 8.09. The van der Waals surface area contributed by atoms with E-state index in [1.54, 1.807) is 6.92 Å². The van der Waals surface area contributed by atoms with Crippen LogP contribution in [0, 0.1) is 12.8 Å².